The van der Waals surface area contributed by atoms with E-state index in [0.29, 0.717) is 5.54 Å². The summed E-state index contributed by atoms with van der Waals surface area (Å²) in [5, 5.41) is 0. The Morgan fingerprint density at radius 1 is 1.12 bits per heavy atom. The van der Waals surface area contributed by atoms with E-state index in [0.717, 1.165) is 13.1 Å². The van der Waals surface area contributed by atoms with Crippen molar-refractivity contribution in [2.45, 2.75) is 50.6 Å². The van der Waals surface area contributed by atoms with E-state index >= 15 is 0 Å². The molecule has 2 heterocycles. The van der Waals surface area contributed by atoms with Gasteiger partial charge in [0, 0.05) is 24.2 Å². The van der Waals surface area contributed by atoms with Crippen LogP contribution >= 0.6 is 0 Å². The van der Waals surface area contributed by atoms with Crippen LogP contribution in [0, 0.1) is 0 Å². The molecule has 0 amide bonds. The standard InChI is InChI=1S/C13H27N3/c1-12(2)6-4-9-16(12)13(10-14)7-5-8-15(3)11-13/h4-11,14H2,1-3H3. The van der Waals surface area contributed by atoms with Crippen molar-refractivity contribution in [1.29, 1.82) is 0 Å². The number of hydrogen-bond acceptors (Lipinski definition) is 3. The van der Waals surface area contributed by atoms with Gasteiger partial charge in [-0.15, -0.1) is 0 Å². The van der Waals surface area contributed by atoms with Crippen LogP contribution in [-0.2, 0) is 0 Å². The van der Waals surface area contributed by atoms with Crippen LogP contribution in [0.4, 0.5) is 0 Å². The van der Waals surface area contributed by atoms with Gasteiger partial charge in [-0.1, -0.05) is 0 Å². The first-order valence-electron chi connectivity index (χ1n) is 6.67. The number of nitrogens with zero attached hydrogens (tertiary/aromatic N) is 2. The van der Waals surface area contributed by atoms with Crippen LogP contribution in [0.2, 0.25) is 0 Å². The molecule has 0 aromatic rings. The first kappa shape index (κ1) is 12.3. The Morgan fingerprint density at radius 2 is 1.81 bits per heavy atom. The second-order valence-electron chi connectivity index (χ2n) is 6.34. The Bertz CT molecular complexity index is 252. The van der Waals surface area contributed by atoms with Crippen LogP contribution in [0.3, 0.4) is 0 Å². The smallest absolute Gasteiger partial charge is 0.0464 e. The van der Waals surface area contributed by atoms with E-state index in [4.69, 9.17) is 5.73 Å². The van der Waals surface area contributed by atoms with Gasteiger partial charge in [-0.25, -0.2) is 0 Å². The molecule has 2 N–H and O–H groups in total. The lowest BCUT2D eigenvalue weighted by Gasteiger charge is -2.52. The Balaban J connectivity index is 2.20. The fourth-order valence-electron chi connectivity index (χ4n) is 3.82. The zero-order valence-corrected chi connectivity index (χ0v) is 11.1. The molecule has 3 nitrogen and oxygen atoms in total. The summed E-state index contributed by atoms with van der Waals surface area (Å²) in [5.74, 6) is 0. The highest BCUT2D eigenvalue weighted by Gasteiger charge is 2.46. The molecule has 0 saturated carbocycles. The summed E-state index contributed by atoms with van der Waals surface area (Å²) in [6, 6.07) is 0. The number of piperidine rings is 1. The summed E-state index contributed by atoms with van der Waals surface area (Å²) in [5.41, 5.74) is 6.72. The quantitative estimate of drug-likeness (QED) is 0.768. The van der Waals surface area contributed by atoms with Crippen LogP contribution in [0.15, 0.2) is 0 Å². The van der Waals surface area contributed by atoms with E-state index in [1.165, 1.54) is 38.8 Å². The van der Waals surface area contributed by atoms with Crippen molar-refractivity contribution in [1.82, 2.24) is 9.80 Å². The molecule has 3 heteroatoms. The Kier molecular flexibility index (Phi) is 3.30. The molecule has 2 rings (SSSR count). The van der Waals surface area contributed by atoms with Crippen molar-refractivity contribution >= 4 is 0 Å². The fraction of sp³-hybridized carbons (Fsp3) is 1.00. The second-order valence-corrected chi connectivity index (χ2v) is 6.34. The SMILES string of the molecule is CN1CCCC(CN)(N2CCCC2(C)C)C1. The number of likely N-dealkylation sites (tertiary alicyclic amines) is 2. The van der Waals surface area contributed by atoms with Crippen molar-refractivity contribution < 1.29 is 0 Å². The average molecular weight is 225 g/mol. The van der Waals surface area contributed by atoms with E-state index in [9.17, 15) is 0 Å². The third kappa shape index (κ3) is 2.01. The minimum Gasteiger partial charge on any atom is -0.329 e. The molecular formula is C13H27N3. The van der Waals surface area contributed by atoms with Gasteiger partial charge in [-0.2, -0.15) is 0 Å². The van der Waals surface area contributed by atoms with Gasteiger partial charge in [0.1, 0.15) is 0 Å². The van der Waals surface area contributed by atoms with Gasteiger partial charge < -0.3 is 10.6 Å². The molecule has 0 aliphatic carbocycles. The molecule has 1 unspecified atom stereocenters. The van der Waals surface area contributed by atoms with Crippen LogP contribution in [0.25, 0.3) is 0 Å². The highest BCUT2D eigenvalue weighted by atomic mass is 15.3. The summed E-state index contributed by atoms with van der Waals surface area (Å²) < 4.78 is 0. The lowest BCUT2D eigenvalue weighted by atomic mass is 9.84. The molecule has 2 fully saturated rings. The van der Waals surface area contributed by atoms with Crippen molar-refractivity contribution in [3.8, 4) is 0 Å². The van der Waals surface area contributed by atoms with Gasteiger partial charge in [0.15, 0.2) is 0 Å². The zero-order chi connectivity index (χ0) is 11.8. The molecular weight excluding hydrogens is 198 g/mol. The van der Waals surface area contributed by atoms with Gasteiger partial charge in [0.05, 0.1) is 0 Å². The van der Waals surface area contributed by atoms with Crippen LogP contribution < -0.4 is 5.73 Å². The summed E-state index contributed by atoms with van der Waals surface area (Å²) in [4.78, 5) is 5.15. The Hall–Kier alpha value is -0.120. The van der Waals surface area contributed by atoms with Gasteiger partial charge in [0.2, 0.25) is 0 Å². The van der Waals surface area contributed by atoms with E-state index in [2.05, 4.69) is 30.7 Å². The Morgan fingerprint density at radius 3 is 2.31 bits per heavy atom. The third-order valence-electron chi connectivity index (χ3n) is 4.60. The molecule has 16 heavy (non-hydrogen) atoms. The Labute approximate surface area is 100.0 Å². The predicted octanol–water partition coefficient (Wildman–Crippen LogP) is 1.28. The summed E-state index contributed by atoms with van der Waals surface area (Å²) in [6.45, 7) is 9.18. The average Bonchev–Trinajstić information content (AvgIpc) is 2.58. The predicted molar refractivity (Wildman–Crippen MR) is 68.5 cm³/mol. The molecule has 0 aromatic carbocycles. The number of likely N-dealkylation sites (N-methyl/N-ethyl adjacent to an activating group) is 1. The highest BCUT2D eigenvalue weighted by molar-refractivity contribution is 5.04. The summed E-state index contributed by atoms with van der Waals surface area (Å²) in [6.07, 6.45) is 5.22. The lowest BCUT2D eigenvalue weighted by molar-refractivity contribution is -0.0134. The molecule has 1 atom stereocenters. The maximum atomic E-state index is 6.13. The summed E-state index contributed by atoms with van der Waals surface area (Å²) in [7, 11) is 2.23. The van der Waals surface area contributed by atoms with Gasteiger partial charge in [-0.3, -0.25) is 4.90 Å². The van der Waals surface area contributed by atoms with E-state index in [1.807, 2.05) is 0 Å². The van der Waals surface area contributed by atoms with Crippen molar-refractivity contribution in [3.63, 3.8) is 0 Å². The van der Waals surface area contributed by atoms with Gasteiger partial charge >= 0.3 is 0 Å². The van der Waals surface area contributed by atoms with E-state index < -0.39 is 0 Å². The fourth-order valence-corrected chi connectivity index (χ4v) is 3.82. The summed E-state index contributed by atoms with van der Waals surface area (Å²) >= 11 is 0. The first-order valence-corrected chi connectivity index (χ1v) is 6.67. The van der Waals surface area contributed by atoms with E-state index in [1.54, 1.807) is 0 Å². The molecule has 0 radical (unpaired) electrons. The second kappa shape index (κ2) is 4.28. The minimum atomic E-state index is 0.243. The van der Waals surface area contributed by atoms with Crippen molar-refractivity contribution in [2.75, 3.05) is 33.2 Å². The van der Waals surface area contributed by atoms with Gasteiger partial charge in [0.25, 0.3) is 0 Å². The zero-order valence-electron chi connectivity index (χ0n) is 11.1. The van der Waals surface area contributed by atoms with Crippen LogP contribution in [0.1, 0.15) is 39.5 Å². The number of nitrogens with two attached hydrogens (primary N) is 1. The largest absolute Gasteiger partial charge is 0.329 e. The monoisotopic (exact) mass is 225 g/mol. The first-order chi connectivity index (χ1) is 7.50. The maximum absolute atomic E-state index is 6.13. The van der Waals surface area contributed by atoms with E-state index in [-0.39, 0.29) is 5.54 Å². The van der Waals surface area contributed by atoms with Crippen molar-refractivity contribution in [3.05, 3.63) is 0 Å². The normalized spacial score (nSPS) is 36.8. The number of rotatable bonds is 2. The molecule has 2 saturated heterocycles. The topological polar surface area (TPSA) is 32.5 Å². The molecule has 2 aliphatic rings. The number of hydrogen-bond donors (Lipinski definition) is 1. The molecule has 2 aliphatic heterocycles. The molecule has 0 spiro atoms. The maximum Gasteiger partial charge on any atom is 0.0464 e. The minimum absolute atomic E-state index is 0.243. The van der Waals surface area contributed by atoms with Crippen LogP contribution in [0.5, 0.6) is 0 Å². The third-order valence-corrected chi connectivity index (χ3v) is 4.60. The van der Waals surface area contributed by atoms with Crippen LogP contribution in [-0.4, -0.2) is 54.1 Å². The van der Waals surface area contributed by atoms with Crippen molar-refractivity contribution in [2.24, 2.45) is 5.73 Å². The highest BCUT2D eigenvalue weighted by Crippen LogP contribution is 2.38. The molecule has 0 aromatic heterocycles. The molecule has 94 valence electrons. The van der Waals surface area contributed by atoms with Gasteiger partial charge in [-0.05, 0) is 59.7 Å². The lowest BCUT2D eigenvalue weighted by Crippen LogP contribution is -2.65. The molecule has 0 bridgehead atoms.